The van der Waals surface area contributed by atoms with Crippen molar-refractivity contribution in [2.75, 3.05) is 18.8 Å². The Morgan fingerprint density at radius 2 is 2.25 bits per heavy atom. The van der Waals surface area contributed by atoms with Crippen LogP contribution in [0.1, 0.15) is 20.3 Å². The molecule has 1 aliphatic heterocycles. The Hall–Kier alpha value is -0.400. The minimum absolute atomic E-state index is 0.0968. The van der Waals surface area contributed by atoms with E-state index in [0.29, 0.717) is 12.2 Å². The van der Waals surface area contributed by atoms with Crippen molar-refractivity contribution in [2.24, 2.45) is 5.41 Å². The zero-order chi connectivity index (χ0) is 9.19. The van der Waals surface area contributed by atoms with Crippen LogP contribution < -0.4 is 0 Å². The molecule has 0 aromatic carbocycles. The Bertz CT molecular complexity index is 228. The molecule has 12 heavy (non-hydrogen) atoms. The quantitative estimate of drug-likeness (QED) is 0.657. The summed E-state index contributed by atoms with van der Waals surface area (Å²) in [5.74, 6) is 0.683. The van der Waals surface area contributed by atoms with E-state index in [1.807, 2.05) is 11.2 Å². The van der Waals surface area contributed by atoms with Crippen LogP contribution in [0, 0.1) is 16.7 Å². The third kappa shape index (κ3) is 1.85. The molecule has 0 radical (unpaired) electrons. The van der Waals surface area contributed by atoms with Crippen molar-refractivity contribution in [3.8, 4) is 6.07 Å². The summed E-state index contributed by atoms with van der Waals surface area (Å²) in [6.07, 6.45) is 0.574. The summed E-state index contributed by atoms with van der Waals surface area (Å²) < 4.78 is 13.2. The highest BCUT2D eigenvalue weighted by molar-refractivity contribution is 7.82. The van der Waals surface area contributed by atoms with Crippen molar-refractivity contribution in [3.05, 3.63) is 0 Å². The van der Waals surface area contributed by atoms with Crippen molar-refractivity contribution in [1.29, 1.82) is 5.26 Å². The topological polar surface area (TPSA) is 44.1 Å². The molecule has 1 unspecified atom stereocenters. The molecular formula is C8H14N2OS. The van der Waals surface area contributed by atoms with Crippen LogP contribution in [0.15, 0.2) is 0 Å². The molecule has 0 amide bonds. The number of hydrogen-bond donors (Lipinski definition) is 0. The second kappa shape index (κ2) is 3.55. The van der Waals surface area contributed by atoms with E-state index < -0.39 is 11.0 Å². The van der Waals surface area contributed by atoms with Gasteiger partial charge in [-0.25, -0.2) is 8.51 Å². The first-order chi connectivity index (χ1) is 5.61. The number of hydrogen-bond acceptors (Lipinski definition) is 2. The fraction of sp³-hybridized carbons (Fsp3) is 0.875. The van der Waals surface area contributed by atoms with Crippen molar-refractivity contribution in [2.45, 2.75) is 20.3 Å². The van der Waals surface area contributed by atoms with E-state index in [4.69, 9.17) is 5.26 Å². The Labute approximate surface area is 76.0 Å². The minimum Gasteiger partial charge on any atom is -0.243 e. The monoisotopic (exact) mass is 186 g/mol. The third-order valence-corrected chi connectivity index (χ3v) is 3.48. The van der Waals surface area contributed by atoms with Gasteiger partial charge in [0.05, 0.1) is 17.1 Å². The van der Waals surface area contributed by atoms with E-state index >= 15 is 0 Å². The number of rotatable bonds is 3. The summed E-state index contributed by atoms with van der Waals surface area (Å²) in [4.78, 5) is 0. The summed E-state index contributed by atoms with van der Waals surface area (Å²) in [6.45, 7) is 5.59. The van der Waals surface area contributed by atoms with Crippen LogP contribution in [0.25, 0.3) is 0 Å². The first-order valence-corrected chi connectivity index (χ1v) is 5.39. The van der Waals surface area contributed by atoms with Crippen LogP contribution in [0.4, 0.5) is 0 Å². The van der Waals surface area contributed by atoms with Crippen LogP contribution >= 0.6 is 0 Å². The van der Waals surface area contributed by atoms with Gasteiger partial charge in [0.2, 0.25) is 0 Å². The van der Waals surface area contributed by atoms with E-state index in [1.54, 1.807) is 0 Å². The van der Waals surface area contributed by atoms with Crippen LogP contribution in [0.2, 0.25) is 0 Å². The predicted molar refractivity (Wildman–Crippen MR) is 48.6 cm³/mol. The first kappa shape index (κ1) is 9.69. The lowest BCUT2D eigenvalue weighted by molar-refractivity contribution is 0.101. The summed E-state index contributed by atoms with van der Waals surface area (Å²) in [6, 6.07) is 2.16. The molecular weight excluding hydrogens is 172 g/mol. The van der Waals surface area contributed by atoms with Gasteiger partial charge in [0.25, 0.3) is 0 Å². The minimum atomic E-state index is -0.811. The van der Waals surface area contributed by atoms with E-state index in [-0.39, 0.29) is 5.41 Å². The summed E-state index contributed by atoms with van der Waals surface area (Å²) >= 11 is 0. The molecule has 1 fully saturated rings. The van der Waals surface area contributed by atoms with Gasteiger partial charge >= 0.3 is 0 Å². The molecule has 0 aliphatic carbocycles. The number of nitrogens with zero attached hydrogens (tertiary/aromatic N) is 2. The fourth-order valence-electron chi connectivity index (χ4n) is 1.43. The number of nitriles is 1. The van der Waals surface area contributed by atoms with E-state index in [9.17, 15) is 4.21 Å². The fourth-order valence-corrected chi connectivity index (χ4v) is 2.71. The molecule has 0 aromatic rings. The first-order valence-electron chi connectivity index (χ1n) is 4.12. The van der Waals surface area contributed by atoms with Crippen molar-refractivity contribution in [1.82, 2.24) is 4.31 Å². The van der Waals surface area contributed by atoms with Gasteiger partial charge in [0, 0.05) is 30.7 Å². The molecule has 68 valence electrons. The summed E-state index contributed by atoms with van der Waals surface area (Å²) in [5, 5.41) is 8.50. The van der Waals surface area contributed by atoms with Gasteiger partial charge < -0.3 is 0 Å². The summed E-state index contributed by atoms with van der Waals surface area (Å²) in [7, 11) is -0.811. The van der Waals surface area contributed by atoms with Gasteiger partial charge in [-0.3, -0.25) is 0 Å². The van der Waals surface area contributed by atoms with Crippen molar-refractivity contribution >= 4 is 11.0 Å². The van der Waals surface area contributed by atoms with Crippen molar-refractivity contribution in [3.63, 3.8) is 0 Å². The van der Waals surface area contributed by atoms with Gasteiger partial charge in [0.1, 0.15) is 0 Å². The molecule has 1 rings (SSSR count). The second-order valence-electron chi connectivity index (χ2n) is 3.55. The summed E-state index contributed by atoms with van der Waals surface area (Å²) in [5.41, 5.74) is 0.0968. The van der Waals surface area contributed by atoms with Gasteiger partial charge in [0.15, 0.2) is 0 Å². The SMILES string of the molecule is CCS(=O)N1CC(C)(CC#N)C1. The maximum absolute atomic E-state index is 11.2. The largest absolute Gasteiger partial charge is 0.243 e. The van der Waals surface area contributed by atoms with E-state index in [1.165, 1.54) is 0 Å². The maximum Gasteiger partial charge on any atom is 0.0940 e. The maximum atomic E-state index is 11.2. The molecule has 3 nitrogen and oxygen atoms in total. The molecule has 0 saturated carbocycles. The van der Waals surface area contributed by atoms with Crippen molar-refractivity contribution < 1.29 is 4.21 Å². The average Bonchev–Trinajstić information content (AvgIpc) is 1.99. The zero-order valence-electron chi connectivity index (χ0n) is 7.54. The predicted octanol–water partition coefficient (Wildman–Crippen LogP) is 0.906. The lowest BCUT2D eigenvalue weighted by Crippen LogP contribution is -2.55. The van der Waals surface area contributed by atoms with E-state index in [2.05, 4.69) is 13.0 Å². The van der Waals surface area contributed by atoms with Crippen LogP contribution in [0.3, 0.4) is 0 Å². The second-order valence-corrected chi connectivity index (χ2v) is 5.29. The van der Waals surface area contributed by atoms with Gasteiger partial charge in [-0.15, -0.1) is 0 Å². The Kier molecular flexibility index (Phi) is 2.86. The highest BCUT2D eigenvalue weighted by atomic mass is 32.2. The normalized spacial score (nSPS) is 24.1. The Morgan fingerprint density at radius 3 is 2.67 bits per heavy atom. The molecule has 4 heteroatoms. The molecule has 1 saturated heterocycles. The van der Waals surface area contributed by atoms with Gasteiger partial charge in [-0.1, -0.05) is 13.8 Å². The van der Waals surface area contributed by atoms with E-state index in [0.717, 1.165) is 13.1 Å². The van der Waals surface area contributed by atoms with Crippen LogP contribution in [-0.4, -0.2) is 27.4 Å². The smallest absolute Gasteiger partial charge is 0.0940 e. The highest BCUT2D eigenvalue weighted by Crippen LogP contribution is 2.33. The van der Waals surface area contributed by atoms with Crippen LogP contribution in [-0.2, 0) is 11.0 Å². The Balaban J connectivity index is 2.37. The lowest BCUT2D eigenvalue weighted by atomic mass is 9.81. The van der Waals surface area contributed by atoms with Crippen LogP contribution in [0.5, 0.6) is 0 Å². The molecule has 0 aromatic heterocycles. The molecule has 0 bridgehead atoms. The molecule has 1 heterocycles. The van der Waals surface area contributed by atoms with Gasteiger partial charge in [-0.2, -0.15) is 5.26 Å². The molecule has 1 atom stereocenters. The molecule has 0 spiro atoms. The lowest BCUT2D eigenvalue weighted by Gasteiger charge is -2.45. The molecule has 1 aliphatic rings. The Morgan fingerprint density at radius 1 is 1.67 bits per heavy atom. The third-order valence-electron chi connectivity index (χ3n) is 2.16. The highest BCUT2D eigenvalue weighted by Gasteiger charge is 2.40. The average molecular weight is 186 g/mol. The van der Waals surface area contributed by atoms with Gasteiger partial charge in [-0.05, 0) is 0 Å². The zero-order valence-corrected chi connectivity index (χ0v) is 8.36. The molecule has 0 N–H and O–H groups in total. The standard InChI is InChI=1S/C8H14N2OS/c1-3-12(11)10-6-8(2,7-10)4-5-9/h3-4,6-7H2,1-2H3.